The summed E-state index contributed by atoms with van der Waals surface area (Å²) >= 11 is 3.41. The lowest BCUT2D eigenvalue weighted by Gasteiger charge is -2.11. The van der Waals surface area contributed by atoms with Crippen LogP contribution in [-0.4, -0.2) is 26.5 Å². The topological polar surface area (TPSA) is 72.8 Å². The van der Waals surface area contributed by atoms with Crippen molar-refractivity contribution >= 4 is 33.0 Å². The minimum absolute atomic E-state index is 0.269. The maximum atomic E-state index is 13.7. The summed E-state index contributed by atoms with van der Waals surface area (Å²) in [5.41, 5.74) is 2.61. The van der Waals surface area contributed by atoms with Gasteiger partial charge in [-0.3, -0.25) is 0 Å². The van der Waals surface area contributed by atoms with Crippen LogP contribution in [0.1, 0.15) is 12.5 Å². The first kappa shape index (κ1) is 20.1. The molecule has 4 rings (SSSR count). The smallest absolute Gasteiger partial charge is 0.247 e. The second-order valence-electron chi connectivity index (χ2n) is 6.32. The van der Waals surface area contributed by atoms with Gasteiger partial charge in [0.15, 0.2) is 11.2 Å². The van der Waals surface area contributed by atoms with Crippen LogP contribution in [0.25, 0.3) is 22.4 Å². The van der Waals surface area contributed by atoms with Crippen LogP contribution >= 0.6 is 15.9 Å². The van der Waals surface area contributed by atoms with E-state index in [2.05, 4.69) is 41.2 Å². The van der Waals surface area contributed by atoms with Gasteiger partial charge in [-0.25, -0.2) is 18.7 Å². The van der Waals surface area contributed by atoms with E-state index >= 15 is 0 Å². The molecule has 0 bridgehead atoms. The molecule has 9 heteroatoms. The van der Waals surface area contributed by atoms with Gasteiger partial charge in [0.25, 0.3) is 0 Å². The number of halogens is 3. The molecule has 0 radical (unpaired) electrons. The van der Waals surface area contributed by atoms with Crippen LogP contribution in [0.15, 0.2) is 53.1 Å². The Kier molecular flexibility index (Phi) is 5.80. The average molecular weight is 472 g/mol. The van der Waals surface area contributed by atoms with Crippen molar-refractivity contribution in [3.63, 3.8) is 0 Å². The summed E-state index contributed by atoms with van der Waals surface area (Å²) in [6.45, 7) is 2.61. The molecular weight excluding hydrogens is 456 g/mol. The van der Waals surface area contributed by atoms with Crippen molar-refractivity contribution in [2.75, 3.05) is 11.9 Å². The number of nitrogens with zero attached hydrogens (tertiary/aromatic N) is 4. The summed E-state index contributed by atoms with van der Waals surface area (Å²) in [6, 6.07) is 10.5. The van der Waals surface area contributed by atoms with Crippen LogP contribution in [0, 0.1) is 11.6 Å². The molecule has 0 aliphatic carbocycles. The van der Waals surface area contributed by atoms with E-state index in [1.165, 1.54) is 30.5 Å². The number of fused-ring (bicyclic) bond motifs is 1. The Morgan fingerprint density at radius 1 is 1.00 bits per heavy atom. The number of rotatable bonds is 6. The first-order valence-electron chi connectivity index (χ1n) is 9.15. The summed E-state index contributed by atoms with van der Waals surface area (Å²) in [5.74, 6) is -0.0951. The van der Waals surface area contributed by atoms with Gasteiger partial charge in [0, 0.05) is 16.6 Å². The van der Waals surface area contributed by atoms with Crippen molar-refractivity contribution in [3.8, 4) is 17.1 Å². The minimum atomic E-state index is -0.378. The normalized spacial score (nSPS) is 10.9. The van der Waals surface area contributed by atoms with E-state index in [1.54, 1.807) is 18.2 Å². The number of hydrogen-bond donors (Lipinski definition) is 1. The van der Waals surface area contributed by atoms with Gasteiger partial charge in [0.2, 0.25) is 11.8 Å². The van der Waals surface area contributed by atoms with Crippen molar-refractivity contribution in [1.29, 1.82) is 0 Å². The zero-order chi connectivity index (χ0) is 21.1. The molecule has 0 fully saturated rings. The predicted octanol–water partition coefficient (Wildman–Crippen LogP) is 5.14. The number of anilines is 1. The van der Waals surface area contributed by atoms with Gasteiger partial charge in [0.1, 0.15) is 11.6 Å². The van der Waals surface area contributed by atoms with Crippen molar-refractivity contribution in [3.05, 3.63) is 70.3 Å². The average Bonchev–Trinajstić information content (AvgIpc) is 2.75. The monoisotopic (exact) mass is 471 g/mol. The van der Waals surface area contributed by atoms with Crippen LogP contribution in [0.2, 0.25) is 0 Å². The molecule has 0 saturated heterocycles. The predicted molar refractivity (Wildman–Crippen MR) is 113 cm³/mol. The molecule has 6 nitrogen and oxygen atoms in total. The lowest BCUT2D eigenvalue weighted by Crippen LogP contribution is -2.07. The van der Waals surface area contributed by atoms with Crippen LogP contribution in [0.3, 0.4) is 0 Å². The van der Waals surface area contributed by atoms with E-state index in [-0.39, 0.29) is 17.5 Å². The lowest BCUT2D eigenvalue weighted by molar-refractivity contribution is 0.330. The van der Waals surface area contributed by atoms with E-state index in [0.717, 1.165) is 5.56 Å². The number of benzene rings is 2. The zero-order valence-electron chi connectivity index (χ0n) is 15.9. The minimum Gasteiger partial charge on any atom is -0.476 e. The largest absolute Gasteiger partial charge is 0.476 e. The second kappa shape index (κ2) is 8.66. The van der Waals surface area contributed by atoms with Gasteiger partial charge in [-0.05, 0) is 42.8 Å². The molecule has 2 heterocycles. The fourth-order valence-corrected chi connectivity index (χ4v) is 3.26. The zero-order valence-corrected chi connectivity index (χ0v) is 17.5. The summed E-state index contributed by atoms with van der Waals surface area (Å²) in [4.78, 5) is 17.7. The second-order valence-corrected chi connectivity index (χ2v) is 7.17. The number of hydrogen-bond acceptors (Lipinski definition) is 6. The highest BCUT2D eigenvalue weighted by Gasteiger charge is 2.15. The van der Waals surface area contributed by atoms with E-state index < -0.39 is 0 Å². The van der Waals surface area contributed by atoms with Crippen molar-refractivity contribution in [2.45, 2.75) is 13.5 Å². The molecule has 30 heavy (non-hydrogen) atoms. The Hall–Kier alpha value is -3.20. The van der Waals surface area contributed by atoms with E-state index in [1.807, 2.05) is 6.92 Å². The highest BCUT2D eigenvalue weighted by molar-refractivity contribution is 9.10. The number of ether oxygens (including phenoxy) is 1. The van der Waals surface area contributed by atoms with Gasteiger partial charge in [-0.15, -0.1) is 0 Å². The highest BCUT2D eigenvalue weighted by atomic mass is 79.9. The summed E-state index contributed by atoms with van der Waals surface area (Å²) in [7, 11) is 0. The molecule has 0 atom stereocenters. The molecular formula is C21H16BrF2N5O. The summed E-state index contributed by atoms with van der Waals surface area (Å²) in [6.07, 6.45) is 1.52. The third-order valence-corrected chi connectivity index (χ3v) is 4.92. The standard InChI is InChI=1S/C21H16BrF2N5O/c1-2-30-20-18-19(25-11-17(27-18)15-9-14(24)7-8-16(15)22)28-21(29-20)26-10-12-3-5-13(23)6-4-12/h3-9,11H,2,10H2,1H3,(H,25,26,28,29). The van der Waals surface area contributed by atoms with Crippen molar-refractivity contribution < 1.29 is 13.5 Å². The molecule has 0 amide bonds. The highest BCUT2D eigenvalue weighted by Crippen LogP contribution is 2.30. The maximum absolute atomic E-state index is 13.7. The van der Waals surface area contributed by atoms with Crippen LogP contribution < -0.4 is 10.1 Å². The number of nitrogens with one attached hydrogen (secondary N) is 1. The molecule has 4 aromatic rings. The Bertz CT molecular complexity index is 1200. The Morgan fingerprint density at radius 2 is 1.77 bits per heavy atom. The summed E-state index contributed by atoms with van der Waals surface area (Å²) in [5, 5.41) is 3.08. The molecule has 0 unspecified atom stereocenters. The molecule has 0 aliphatic heterocycles. The van der Waals surface area contributed by atoms with Crippen molar-refractivity contribution in [2.24, 2.45) is 0 Å². The van der Waals surface area contributed by atoms with Gasteiger partial charge < -0.3 is 10.1 Å². The fraction of sp³-hybridized carbons (Fsp3) is 0.143. The van der Waals surface area contributed by atoms with E-state index in [4.69, 9.17) is 4.74 Å². The van der Waals surface area contributed by atoms with Crippen LogP contribution in [0.4, 0.5) is 14.7 Å². The van der Waals surface area contributed by atoms with Crippen LogP contribution in [-0.2, 0) is 6.54 Å². The fourth-order valence-electron chi connectivity index (χ4n) is 2.81. The molecule has 2 aromatic heterocycles. The molecule has 2 aromatic carbocycles. The van der Waals surface area contributed by atoms with E-state index in [9.17, 15) is 8.78 Å². The molecule has 0 spiro atoms. The third kappa shape index (κ3) is 4.35. The molecule has 0 aliphatic rings. The SMILES string of the molecule is CCOc1nc(NCc2ccc(F)cc2)nc2ncc(-c3cc(F)ccc3Br)nc12. The first-order chi connectivity index (χ1) is 14.5. The first-order valence-corrected chi connectivity index (χ1v) is 9.94. The quantitative estimate of drug-likeness (QED) is 0.419. The van der Waals surface area contributed by atoms with Gasteiger partial charge in [0.05, 0.1) is 18.5 Å². The molecule has 1 N–H and O–H groups in total. The van der Waals surface area contributed by atoms with Gasteiger partial charge >= 0.3 is 0 Å². The van der Waals surface area contributed by atoms with Gasteiger partial charge in [-0.1, -0.05) is 28.1 Å². The molecule has 152 valence electrons. The Labute approximate surface area is 179 Å². The van der Waals surface area contributed by atoms with Gasteiger partial charge in [-0.2, -0.15) is 9.97 Å². The number of aromatic nitrogens is 4. The molecule has 0 saturated carbocycles. The Morgan fingerprint density at radius 3 is 2.53 bits per heavy atom. The maximum Gasteiger partial charge on any atom is 0.247 e. The lowest BCUT2D eigenvalue weighted by atomic mass is 10.1. The van der Waals surface area contributed by atoms with Crippen molar-refractivity contribution in [1.82, 2.24) is 19.9 Å². The van der Waals surface area contributed by atoms with Crippen LogP contribution in [0.5, 0.6) is 5.88 Å². The summed E-state index contributed by atoms with van der Waals surface area (Å²) < 4.78 is 33.1. The van der Waals surface area contributed by atoms with E-state index in [0.29, 0.717) is 46.0 Å². The third-order valence-electron chi connectivity index (χ3n) is 4.22. The Balaban J connectivity index is 1.69.